The largest absolute Gasteiger partial charge is 0.497 e. The lowest BCUT2D eigenvalue weighted by Gasteiger charge is -2.11. The molecule has 3 aromatic rings. The summed E-state index contributed by atoms with van der Waals surface area (Å²) >= 11 is 6.07. The molecule has 11 heteroatoms. The molecule has 0 radical (unpaired) electrons. The Morgan fingerprint density at radius 2 is 1.94 bits per heavy atom. The zero-order valence-corrected chi connectivity index (χ0v) is 17.8. The number of methoxy groups -OCH3 is 1. The number of aromatic nitrogens is 4. The molecule has 1 atom stereocenters. The van der Waals surface area contributed by atoms with E-state index in [9.17, 15) is 18.3 Å². The predicted octanol–water partition coefficient (Wildman–Crippen LogP) is 4.84. The van der Waals surface area contributed by atoms with Crippen LogP contribution in [0.3, 0.4) is 0 Å². The summed E-state index contributed by atoms with van der Waals surface area (Å²) in [4.78, 5) is 8.56. The molecule has 7 nitrogen and oxygen atoms in total. The van der Waals surface area contributed by atoms with Crippen LogP contribution in [0.4, 0.5) is 24.8 Å². The monoisotopic (exact) mass is 455 g/mol. The van der Waals surface area contributed by atoms with E-state index in [2.05, 4.69) is 20.4 Å². The van der Waals surface area contributed by atoms with E-state index in [1.54, 1.807) is 30.7 Å². The summed E-state index contributed by atoms with van der Waals surface area (Å²) in [6.07, 6.45) is -4.69. The van der Waals surface area contributed by atoms with E-state index in [1.165, 1.54) is 13.2 Å². The van der Waals surface area contributed by atoms with Crippen LogP contribution < -0.4 is 10.1 Å². The van der Waals surface area contributed by atoms with Crippen LogP contribution in [0.2, 0.25) is 5.15 Å². The van der Waals surface area contributed by atoms with Gasteiger partial charge in [-0.05, 0) is 44.5 Å². The van der Waals surface area contributed by atoms with E-state index in [1.807, 2.05) is 0 Å². The number of halogens is 4. The fourth-order valence-corrected chi connectivity index (χ4v) is 3.16. The highest BCUT2D eigenvalue weighted by molar-refractivity contribution is 6.29. The van der Waals surface area contributed by atoms with Gasteiger partial charge in [0, 0.05) is 29.6 Å². The SMILES string of the molecule is COc1cc(Nc2nc(-c3cc(C)nc(Cl)c3)n(CC[C@H](C)O)n2)cc(C(F)(F)F)c1. The van der Waals surface area contributed by atoms with Crippen molar-refractivity contribution < 1.29 is 23.0 Å². The standard InChI is InChI=1S/C20H21ClF3N5O2/c1-11-6-13(7-17(21)25-11)18-27-19(28-29(18)5-4-12(2)30)26-15-8-14(20(22,23)24)9-16(10-15)31-3/h6-10,12,30H,4-5H2,1-3H3,(H,26,28)/t12-/m0/s1. The number of hydrogen-bond donors (Lipinski definition) is 2. The molecule has 0 aliphatic carbocycles. The first-order valence-corrected chi connectivity index (χ1v) is 9.73. The molecule has 31 heavy (non-hydrogen) atoms. The molecule has 0 bridgehead atoms. The van der Waals surface area contributed by atoms with E-state index in [4.69, 9.17) is 16.3 Å². The maximum absolute atomic E-state index is 13.2. The lowest BCUT2D eigenvalue weighted by molar-refractivity contribution is -0.137. The molecular weight excluding hydrogens is 435 g/mol. The van der Waals surface area contributed by atoms with Crippen LogP contribution in [0.15, 0.2) is 30.3 Å². The topological polar surface area (TPSA) is 85.1 Å². The second-order valence-corrected chi connectivity index (χ2v) is 7.40. The summed E-state index contributed by atoms with van der Waals surface area (Å²) < 4.78 is 46.2. The van der Waals surface area contributed by atoms with Crippen molar-refractivity contribution in [3.63, 3.8) is 0 Å². The van der Waals surface area contributed by atoms with Crippen molar-refractivity contribution in [1.29, 1.82) is 0 Å². The number of nitrogens with zero attached hydrogens (tertiary/aromatic N) is 4. The normalized spacial score (nSPS) is 12.6. The Hall–Kier alpha value is -2.85. The number of benzene rings is 1. The lowest BCUT2D eigenvalue weighted by Crippen LogP contribution is -2.10. The van der Waals surface area contributed by atoms with E-state index in [0.717, 1.165) is 12.1 Å². The molecule has 0 aliphatic rings. The van der Waals surface area contributed by atoms with Crippen molar-refractivity contribution >= 4 is 23.2 Å². The van der Waals surface area contributed by atoms with Gasteiger partial charge in [0.15, 0.2) is 5.82 Å². The van der Waals surface area contributed by atoms with Crippen LogP contribution >= 0.6 is 11.6 Å². The van der Waals surface area contributed by atoms with Crippen molar-refractivity contribution in [1.82, 2.24) is 19.7 Å². The first kappa shape index (κ1) is 22.8. The zero-order chi connectivity index (χ0) is 22.8. The number of aryl methyl sites for hydroxylation is 2. The average Bonchev–Trinajstić information content (AvgIpc) is 3.07. The fourth-order valence-electron chi connectivity index (χ4n) is 2.91. The van der Waals surface area contributed by atoms with Gasteiger partial charge in [0.1, 0.15) is 10.9 Å². The highest BCUT2D eigenvalue weighted by Crippen LogP contribution is 2.35. The third-order valence-corrected chi connectivity index (χ3v) is 4.53. The van der Waals surface area contributed by atoms with Gasteiger partial charge in [0.25, 0.3) is 0 Å². The summed E-state index contributed by atoms with van der Waals surface area (Å²) in [6, 6.07) is 6.67. The Kier molecular flexibility index (Phi) is 6.71. The minimum Gasteiger partial charge on any atom is -0.497 e. The van der Waals surface area contributed by atoms with Gasteiger partial charge in [-0.25, -0.2) is 9.67 Å². The Labute approximate surface area is 181 Å². The minimum atomic E-state index is -4.54. The molecule has 0 saturated heterocycles. The minimum absolute atomic E-state index is 0.0441. The van der Waals surface area contributed by atoms with Gasteiger partial charge in [-0.2, -0.15) is 18.2 Å². The predicted molar refractivity (Wildman–Crippen MR) is 111 cm³/mol. The average molecular weight is 456 g/mol. The number of ether oxygens (including phenoxy) is 1. The first-order chi connectivity index (χ1) is 14.5. The highest BCUT2D eigenvalue weighted by atomic mass is 35.5. The van der Waals surface area contributed by atoms with Crippen LogP contribution in [0, 0.1) is 6.92 Å². The van der Waals surface area contributed by atoms with Gasteiger partial charge < -0.3 is 15.2 Å². The van der Waals surface area contributed by atoms with Gasteiger partial charge in [-0.15, -0.1) is 5.10 Å². The van der Waals surface area contributed by atoms with Crippen molar-refractivity contribution in [2.45, 2.75) is 39.1 Å². The van der Waals surface area contributed by atoms with E-state index >= 15 is 0 Å². The zero-order valence-electron chi connectivity index (χ0n) is 17.0. The van der Waals surface area contributed by atoms with Gasteiger partial charge >= 0.3 is 6.18 Å². The van der Waals surface area contributed by atoms with Crippen molar-refractivity contribution in [3.8, 4) is 17.1 Å². The Morgan fingerprint density at radius 3 is 2.55 bits per heavy atom. The third-order valence-electron chi connectivity index (χ3n) is 4.34. The molecule has 0 saturated carbocycles. The molecule has 0 unspecified atom stereocenters. The van der Waals surface area contributed by atoms with Crippen LogP contribution in [-0.4, -0.2) is 38.1 Å². The first-order valence-electron chi connectivity index (χ1n) is 9.36. The molecule has 2 N–H and O–H groups in total. The Morgan fingerprint density at radius 1 is 1.19 bits per heavy atom. The summed E-state index contributed by atoms with van der Waals surface area (Å²) in [5, 5.41) is 17.1. The number of aliphatic hydroxyl groups excluding tert-OH is 1. The smallest absolute Gasteiger partial charge is 0.416 e. The van der Waals surface area contributed by atoms with E-state index in [-0.39, 0.29) is 22.5 Å². The van der Waals surface area contributed by atoms with Crippen LogP contribution in [0.5, 0.6) is 5.75 Å². The molecule has 0 fully saturated rings. The second kappa shape index (κ2) is 9.11. The van der Waals surface area contributed by atoms with Crippen molar-refractivity contribution in [3.05, 3.63) is 46.7 Å². The van der Waals surface area contributed by atoms with E-state index < -0.39 is 17.8 Å². The van der Waals surface area contributed by atoms with Gasteiger partial charge in [0.05, 0.1) is 18.8 Å². The van der Waals surface area contributed by atoms with Gasteiger partial charge in [-0.1, -0.05) is 11.6 Å². The van der Waals surface area contributed by atoms with Crippen LogP contribution in [-0.2, 0) is 12.7 Å². The third kappa shape index (κ3) is 5.86. The summed E-state index contributed by atoms with van der Waals surface area (Å²) in [7, 11) is 1.29. The second-order valence-electron chi connectivity index (χ2n) is 7.01. The van der Waals surface area contributed by atoms with Crippen molar-refractivity contribution in [2.24, 2.45) is 0 Å². The van der Waals surface area contributed by atoms with E-state index in [0.29, 0.717) is 30.0 Å². The maximum atomic E-state index is 13.2. The van der Waals surface area contributed by atoms with Gasteiger partial charge in [0.2, 0.25) is 5.95 Å². The molecule has 2 aromatic heterocycles. The van der Waals surface area contributed by atoms with Crippen LogP contribution in [0.25, 0.3) is 11.4 Å². The molecule has 3 rings (SSSR count). The molecular formula is C20H21ClF3N5O2. The number of anilines is 2. The van der Waals surface area contributed by atoms with Gasteiger partial charge in [-0.3, -0.25) is 0 Å². The molecule has 1 aromatic carbocycles. The molecule has 0 amide bonds. The number of aliphatic hydroxyl groups is 1. The lowest BCUT2D eigenvalue weighted by atomic mass is 10.2. The molecule has 166 valence electrons. The number of nitrogens with one attached hydrogen (secondary N) is 1. The summed E-state index contributed by atoms with van der Waals surface area (Å²) in [6.45, 7) is 3.77. The number of rotatable bonds is 7. The molecule has 0 spiro atoms. The summed E-state index contributed by atoms with van der Waals surface area (Å²) in [5.41, 5.74) is 0.574. The fraction of sp³-hybridized carbons (Fsp3) is 0.350. The number of pyridine rings is 1. The van der Waals surface area contributed by atoms with Crippen molar-refractivity contribution in [2.75, 3.05) is 12.4 Å². The quantitative estimate of drug-likeness (QED) is 0.496. The number of hydrogen-bond acceptors (Lipinski definition) is 6. The number of alkyl halides is 3. The molecule has 2 heterocycles. The Balaban J connectivity index is 2.00. The highest BCUT2D eigenvalue weighted by Gasteiger charge is 2.31. The Bertz CT molecular complexity index is 1050. The summed E-state index contributed by atoms with van der Waals surface area (Å²) in [5.74, 6) is 0.574. The maximum Gasteiger partial charge on any atom is 0.416 e. The van der Waals surface area contributed by atoms with Crippen LogP contribution in [0.1, 0.15) is 24.6 Å². The molecule has 0 aliphatic heterocycles.